The summed E-state index contributed by atoms with van der Waals surface area (Å²) in [5, 5.41) is 6.31. The second-order valence-corrected chi connectivity index (χ2v) is 3.01. The summed E-state index contributed by atoms with van der Waals surface area (Å²) in [7, 11) is 1.78. The molecule has 3 nitrogen and oxygen atoms in total. The maximum Gasteiger partial charge on any atom is 0.190 e. The van der Waals surface area contributed by atoms with E-state index < -0.39 is 0 Å². The molecule has 0 rings (SSSR count). The van der Waals surface area contributed by atoms with E-state index in [2.05, 4.69) is 28.8 Å². The molecule has 0 aromatic carbocycles. The summed E-state index contributed by atoms with van der Waals surface area (Å²) in [5.41, 5.74) is 0. The minimum absolute atomic E-state index is 0.890. The summed E-state index contributed by atoms with van der Waals surface area (Å²) in [4.78, 5) is 4.03. The van der Waals surface area contributed by atoms with E-state index in [1.807, 2.05) is 11.8 Å². The van der Waals surface area contributed by atoms with Crippen molar-refractivity contribution < 1.29 is 0 Å². The van der Waals surface area contributed by atoms with Gasteiger partial charge in [-0.3, -0.25) is 4.99 Å². The Kier molecular flexibility index (Phi) is 7.46. The lowest BCUT2D eigenvalue weighted by Gasteiger charge is -2.08. The van der Waals surface area contributed by atoms with Crippen molar-refractivity contribution in [2.45, 2.75) is 6.92 Å². The molecule has 0 atom stereocenters. The molecule has 4 heteroatoms. The maximum absolute atomic E-state index is 4.03. The molecule has 0 aromatic heterocycles. The highest BCUT2D eigenvalue weighted by molar-refractivity contribution is 7.98. The lowest BCUT2D eigenvalue weighted by atomic mass is 10.7. The van der Waals surface area contributed by atoms with E-state index in [0.717, 1.165) is 24.8 Å². The Balaban J connectivity index is 3.37. The van der Waals surface area contributed by atoms with Crippen LogP contribution >= 0.6 is 11.8 Å². The predicted molar refractivity (Wildman–Crippen MR) is 53.4 cm³/mol. The molecule has 0 saturated carbocycles. The highest BCUT2D eigenvalue weighted by atomic mass is 32.2. The summed E-state index contributed by atoms with van der Waals surface area (Å²) in [5.74, 6) is 2.01. The minimum Gasteiger partial charge on any atom is -0.357 e. The van der Waals surface area contributed by atoms with Crippen molar-refractivity contribution in [2.75, 3.05) is 32.1 Å². The minimum atomic E-state index is 0.890. The Bertz CT molecular complexity index is 114. The van der Waals surface area contributed by atoms with Crippen LogP contribution in [0.1, 0.15) is 6.92 Å². The van der Waals surface area contributed by atoms with Crippen molar-refractivity contribution >= 4 is 17.7 Å². The number of aliphatic imine (C=N–C) groups is 1. The molecule has 0 aliphatic rings. The van der Waals surface area contributed by atoms with Gasteiger partial charge in [0.25, 0.3) is 0 Å². The summed E-state index contributed by atoms with van der Waals surface area (Å²) < 4.78 is 0. The van der Waals surface area contributed by atoms with Crippen molar-refractivity contribution in [3.63, 3.8) is 0 Å². The molecule has 0 aliphatic carbocycles. The van der Waals surface area contributed by atoms with Crippen LogP contribution in [0.4, 0.5) is 0 Å². The average molecular weight is 175 g/mol. The number of hydrogen-bond donors (Lipinski definition) is 2. The zero-order chi connectivity index (χ0) is 8.53. The SMILES string of the molecule is CCNC(=NC)NCCSC. The van der Waals surface area contributed by atoms with Crippen LogP contribution in [0.2, 0.25) is 0 Å². The molecule has 0 spiro atoms. The third kappa shape index (κ3) is 6.04. The monoisotopic (exact) mass is 175 g/mol. The third-order valence-corrected chi connectivity index (χ3v) is 1.78. The van der Waals surface area contributed by atoms with Gasteiger partial charge < -0.3 is 10.6 Å². The highest BCUT2D eigenvalue weighted by Gasteiger charge is 1.91. The Morgan fingerprint density at radius 1 is 1.45 bits per heavy atom. The van der Waals surface area contributed by atoms with Crippen molar-refractivity contribution in [3.8, 4) is 0 Å². The predicted octanol–water partition coefficient (Wildman–Crippen LogP) is 0.534. The summed E-state index contributed by atoms with van der Waals surface area (Å²) in [6.45, 7) is 3.95. The van der Waals surface area contributed by atoms with Crippen LogP contribution in [-0.4, -0.2) is 38.1 Å². The molecule has 66 valence electrons. The first kappa shape index (κ1) is 10.6. The van der Waals surface area contributed by atoms with Gasteiger partial charge in [-0.25, -0.2) is 0 Å². The van der Waals surface area contributed by atoms with Gasteiger partial charge in [-0.2, -0.15) is 11.8 Å². The molecule has 11 heavy (non-hydrogen) atoms. The smallest absolute Gasteiger partial charge is 0.190 e. The van der Waals surface area contributed by atoms with Gasteiger partial charge in [0.05, 0.1) is 0 Å². The quantitative estimate of drug-likeness (QED) is 0.372. The largest absolute Gasteiger partial charge is 0.357 e. The van der Waals surface area contributed by atoms with Crippen molar-refractivity contribution in [2.24, 2.45) is 4.99 Å². The van der Waals surface area contributed by atoms with Crippen LogP contribution in [0.3, 0.4) is 0 Å². The number of hydrogen-bond acceptors (Lipinski definition) is 2. The van der Waals surface area contributed by atoms with E-state index in [1.165, 1.54) is 0 Å². The second kappa shape index (κ2) is 7.72. The molecule has 0 heterocycles. The van der Waals surface area contributed by atoms with Crippen LogP contribution in [0, 0.1) is 0 Å². The first-order valence-corrected chi connectivity index (χ1v) is 5.18. The normalized spacial score (nSPS) is 11.4. The lowest BCUT2D eigenvalue weighted by molar-refractivity contribution is 0.860. The summed E-state index contributed by atoms with van der Waals surface area (Å²) >= 11 is 1.83. The molecule has 0 fully saturated rings. The lowest BCUT2D eigenvalue weighted by Crippen LogP contribution is -2.38. The average Bonchev–Trinajstić information content (AvgIpc) is 2.03. The molecule has 0 bridgehead atoms. The fourth-order valence-electron chi connectivity index (χ4n) is 0.660. The van der Waals surface area contributed by atoms with E-state index in [9.17, 15) is 0 Å². The molecule has 0 radical (unpaired) electrons. The van der Waals surface area contributed by atoms with Gasteiger partial charge in [-0.15, -0.1) is 0 Å². The van der Waals surface area contributed by atoms with E-state index in [0.29, 0.717) is 0 Å². The van der Waals surface area contributed by atoms with Gasteiger partial charge in [-0.1, -0.05) is 0 Å². The van der Waals surface area contributed by atoms with Crippen molar-refractivity contribution in [1.82, 2.24) is 10.6 Å². The third-order valence-electron chi connectivity index (χ3n) is 1.17. The fraction of sp³-hybridized carbons (Fsp3) is 0.857. The van der Waals surface area contributed by atoms with Crippen molar-refractivity contribution in [3.05, 3.63) is 0 Å². The number of nitrogens with zero attached hydrogens (tertiary/aromatic N) is 1. The van der Waals surface area contributed by atoms with E-state index in [-0.39, 0.29) is 0 Å². The summed E-state index contributed by atoms with van der Waals surface area (Å²) in [6, 6.07) is 0. The van der Waals surface area contributed by atoms with Gasteiger partial charge in [-0.05, 0) is 13.2 Å². The molecule has 0 amide bonds. The van der Waals surface area contributed by atoms with Crippen molar-refractivity contribution in [1.29, 1.82) is 0 Å². The molecule has 0 aromatic rings. The van der Waals surface area contributed by atoms with Crippen LogP contribution in [0.5, 0.6) is 0 Å². The van der Waals surface area contributed by atoms with E-state index >= 15 is 0 Å². The molecule has 0 unspecified atom stereocenters. The number of rotatable bonds is 4. The van der Waals surface area contributed by atoms with Gasteiger partial charge in [0.1, 0.15) is 0 Å². The molecule has 0 aliphatic heterocycles. The topological polar surface area (TPSA) is 36.4 Å². The highest BCUT2D eigenvalue weighted by Crippen LogP contribution is 1.86. The van der Waals surface area contributed by atoms with E-state index in [1.54, 1.807) is 7.05 Å². The Morgan fingerprint density at radius 3 is 2.64 bits per heavy atom. The molecule has 2 N–H and O–H groups in total. The zero-order valence-electron chi connectivity index (χ0n) is 7.48. The van der Waals surface area contributed by atoms with Gasteiger partial charge in [0.15, 0.2) is 5.96 Å². The fourth-order valence-corrected chi connectivity index (χ4v) is 0.966. The Morgan fingerprint density at radius 2 is 2.18 bits per heavy atom. The molecule has 0 saturated heterocycles. The number of thioether (sulfide) groups is 1. The maximum atomic E-state index is 4.03. The number of nitrogens with one attached hydrogen (secondary N) is 2. The number of guanidine groups is 1. The standard InChI is InChI=1S/C7H17N3S/c1-4-9-7(8-2)10-5-6-11-3/h4-6H2,1-3H3,(H2,8,9,10). The van der Waals surface area contributed by atoms with Crippen LogP contribution in [-0.2, 0) is 0 Å². The first-order chi connectivity index (χ1) is 5.35. The second-order valence-electron chi connectivity index (χ2n) is 2.02. The first-order valence-electron chi connectivity index (χ1n) is 3.78. The Hall–Kier alpha value is -0.380. The Labute approximate surface area is 73.0 Å². The van der Waals surface area contributed by atoms with E-state index in [4.69, 9.17) is 0 Å². The van der Waals surface area contributed by atoms with Crippen LogP contribution < -0.4 is 10.6 Å². The van der Waals surface area contributed by atoms with Gasteiger partial charge in [0.2, 0.25) is 0 Å². The van der Waals surface area contributed by atoms with Crippen LogP contribution in [0.15, 0.2) is 4.99 Å². The molecular weight excluding hydrogens is 158 g/mol. The zero-order valence-corrected chi connectivity index (χ0v) is 8.29. The van der Waals surface area contributed by atoms with Crippen LogP contribution in [0.25, 0.3) is 0 Å². The molecular formula is C7H17N3S. The summed E-state index contributed by atoms with van der Waals surface area (Å²) in [6.07, 6.45) is 2.09. The van der Waals surface area contributed by atoms with Gasteiger partial charge in [0, 0.05) is 25.9 Å². The van der Waals surface area contributed by atoms with Gasteiger partial charge >= 0.3 is 0 Å².